The molecule has 0 amide bonds. The lowest BCUT2D eigenvalue weighted by Crippen LogP contribution is -2.46. The second-order valence-corrected chi connectivity index (χ2v) is 5.66. The number of hydrogen-bond acceptors (Lipinski definition) is 2. The van der Waals surface area contributed by atoms with Crippen molar-refractivity contribution in [2.24, 2.45) is 0 Å². The van der Waals surface area contributed by atoms with E-state index in [1.807, 2.05) is 18.2 Å². The molecule has 0 saturated carbocycles. The Morgan fingerprint density at radius 2 is 1.82 bits per heavy atom. The molecule has 0 spiro atoms. The highest BCUT2D eigenvalue weighted by Crippen LogP contribution is 2.18. The maximum atomic E-state index is 5.94. The first-order valence-electron chi connectivity index (χ1n) is 6.29. The minimum Gasteiger partial charge on any atom is -0.399 e. The number of nitrogens with zero attached hydrogens (tertiary/aromatic N) is 1. The van der Waals surface area contributed by atoms with Gasteiger partial charge in [0.05, 0.1) is 26.7 Å². The molecule has 3 heteroatoms. The fourth-order valence-corrected chi connectivity index (χ4v) is 1.78. The van der Waals surface area contributed by atoms with Crippen molar-refractivity contribution < 1.29 is 4.48 Å². The van der Waals surface area contributed by atoms with Crippen LogP contribution in [0.2, 0.25) is 0 Å². The van der Waals surface area contributed by atoms with Crippen LogP contribution in [-0.4, -0.2) is 31.2 Å². The van der Waals surface area contributed by atoms with Crippen molar-refractivity contribution in [2.45, 2.75) is 32.7 Å². The minimum absolute atomic E-state index is 0.646. The Kier molecular flexibility index (Phi) is 4.40. The highest BCUT2D eigenvalue weighted by atomic mass is 15.3. The predicted molar refractivity (Wildman–Crippen MR) is 75.7 cm³/mol. The molecule has 0 unspecified atom stereocenters. The summed E-state index contributed by atoms with van der Waals surface area (Å²) in [7, 11) is 4.54. The lowest BCUT2D eigenvalue weighted by Gasteiger charge is -2.34. The van der Waals surface area contributed by atoms with E-state index in [9.17, 15) is 0 Å². The number of hydrogen-bond donors (Lipinski definition) is 2. The van der Waals surface area contributed by atoms with E-state index in [1.165, 1.54) is 5.56 Å². The second-order valence-electron chi connectivity index (χ2n) is 5.66. The van der Waals surface area contributed by atoms with Gasteiger partial charge >= 0.3 is 0 Å². The van der Waals surface area contributed by atoms with E-state index in [-0.39, 0.29) is 0 Å². The second kappa shape index (κ2) is 5.41. The molecule has 0 heterocycles. The number of anilines is 2. The molecule has 3 nitrogen and oxygen atoms in total. The first kappa shape index (κ1) is 13.8. The van der Waals surface area contributed by atoms with Crippen molar-refractivity contribution in [3.8, 4) is 0 Å². The molecule has 0 aliphatic carbocycles. The Labute approximate surface area is 105 Å². The molecule has 0 fully saturated rings. The molecule has 0 atom stereocenters. The van der Waals surface area contributed by atoms with Crippen LogP contribution in [0.1, 0.15) is 25.8 Å². The van der Waals surface area contributed by atoms with Crippen LogP contribution in [0, 0.1) is 0 Å². The monoisotopic (exact) mass is 236 g/mol. The van der Waals surface area contributed by atoms with Crippen LogP contribution >= 0.6 is 0 Å². The van der Waals surface area contributed by atoms with E-state index in [4.69, 9.17) is 11.5 Å². The van der Waals surface area contributed by atoms with Crippen LogP contribution in [0.5, 0.6) is 0 Å². The van der Waals surface area contributed by atoms with Gasteiger partial charge in [0.2, 0.25) is 0 Å². The lowest BCUT2D eigenvalue weighted by atomic mass is 10.1. The standard InChI is InChI=1S/C14H26N3/c1-11(2)17(3,4)9-5-6-12-10-13(15)7-8-14(12)16/h7-8,10-11H,5-6,9,15-16H2,1-4H3/q+1. The summed E-state index contributed by atoms with van der Waals surface area (Å²) in [5.74, 6) is 0. The van der Waals surface area contributed by atoms with E-state index in [1.54, 1.807) is 0 Å². The maximum absolute atomic E-state index is 5.94. The summed E-state index contributed by atoms with van der Waals surface area (Å²) < 4.78 is 1.04. The van der Waals surface area contributed by atoms with Crippen LogP contribution in [0.25, 0.3) is 0 Å². The van der Waals surface area contributed by atoms with Gasteiger partial charge in [0, 0.05) is 17.8 Å². The number of aryl methyl sites for hydroxylation is 1. The smallest absolute Gasteiger partial charge is 0.0829 e. The minimum atomic E-state index is 0.646. The summed E-state index contributed by atoms with van der Waals surface area (Å²) in [6, 6.07) is 6.39. The Morgan fingerprint density at radius 3 is 2.41 bits per heavy atom. The molecule has 0 aromatic heterocycles. The Balaban J connectivity index is 2.54. The van der Waals surface area contributed by atoms with Crippen LogP contribution < -0.4 is 11.5 Å². The van der Waals surface area contributed by atoms with Gasteiger partial charge in [-0.25, -0.2) is 0 Å². The fraction of sp³-hybridized carbons (Fsp3) is 0.571. The molecule has 4 N–H and O–H groups in total. The topological polar surface area (TPSA) is 52.0 Å². The first-order chi connectivity index (χ1) is 7.83. The Morgan fingerprint density at radius 1 is 1.18 bits per heavy atom. The van der Waals surface area contributed by atoms with Gasteiger partial charge in [-0.2, -0.15) is 0 Å². The van der Waals surface area contributed by atoms with Crippen molar-refractivity contribution in [1.82, 2.24) is 0 Å². The van der Waals surface area contributed by atoms with E-state index >= 15 is 0 Å². The lowest BCUT2D eigenvalue weighted by molar-refractivity contribution is -0.911. The number of nitrogens with two attached hydrogens (primary N) is 2. The van der Waals surface area contributed by atoms with Crippen molar-refractivity contribution in [2.75, 3.05) is 32.1 Å². The molecule has 1 aromatic carbocycles. The van der Waals surface area contributed by atoms with Gasteiger partial charge in [-0.1, -0.05) is 0 Å². The highest BCUT2D eigenvalue weighted by molar-refractivity contribution is 5.55. The molecule has 0 aliphatic heterocycles. The van der Waals surface area contributed by atoms with Gasteiger partial charge in [0.25, 0.3) is 0 Å². The average Bonchev–Trinajstić information content (AvgIpc) is 2.22. The first-order valence-corrected chi connectivity index (χ1v) is 6.29. The zero-order chi connectivity index (χ0) is 13.1. The van der Waals surface area contributed by atoms with Gasteiger partial charge in [-0.3, -0.25) is 0 Å². The zero-order valence-electron chi connectivity index (χ0n) is 11.5. The zero-order valence-corrected chi connectivity index (χ0v) is 11.5. The molecule has 0 saturated heterocycles. The molecule has 1 rings (SSSR count). The molecule has 0 bridgehead atoms. The Bertz CT molecular complexity index is 370. The van der Waals surface area contributed by atoms with Crippen molar-refractivity contribution in [1.29, 1.82) is 0 Å². The number of rotatable bonds is 5. The third-order valence-electron chi connectivity index (χ3n) is 3.75. The molecule has 17 heavy (non-hydrogen) atoms. The molecular formula is C14H26N3+. The van der Waals surface area contributed by atoms with Crippen LogP contribution in [0.3, 0.4) is 0 Å². The van der Waals surface area contributed by atoms with Crippen molar-refractivity contribution >= 4 is 11.4 Å². The third kappa shape index (κ3) is 3.93. The molecule has 0 radical (unpaired) electrons. The molecular weight excluding hydrogens is 210 g/mol. The largest absolute Gasteiger partial charge is 0.399 e. The summed E-state index contributed by atoms with van der Waals surface area (Å²) >= 11 is 0. The number of nitrogen functional groups attached to an aromatic ring is 2. The van der Waals surface area contributed by atoms with E-state index in [2.05, 4.69) is 27.9 Å². The summed E-state index contributed by atoms with van der Waals surface area (Å²) in [6.07, 6.45) is 2.14. The van der Waals surface area contributed by atoms with Gasteiger partial charge in [0.15, 0.2) is 0 Å². The van der Waals surface area contributed by atoms with Gasteiger partial charge in [-0.15, -0.1) is 0 Å². The SMILES string of the molecule is CC(C)[N+](C)(C)CCCc1cc(N)ccc1N. The summed E-state index contributed by atoms with van der Waals surface area (Å²) in [5, 5.41) is 0. The maximum Gasteiger partial charge on any atom is 0.0829 e. The normalized spacial score (nSPS) is 12.1. The van der Waals surface area contributed by atoms with Crippen molar-refractivity contribution in [3.63, 3.8) is 0 Å². The fourth-order valence-electron chi connectivity index (χ4n) is 1.78. The molecule has 96 valence electrons. The number of quaternary nitrogens is 1. The highest BCUT2D eigenvalue weighted by Gasteiger charge is 2.18. The third-order valence-corrected chi connectivity index (χ3v) is 3.75. The average molecular weight is 236 g/mol. The summed E-state index contributed by atoms with van der Waals surface area (Å²) in [5.41, 5.74) is 14.5. The van der Waals surface area contributed by atoms with E-state index in [0.717, 1.165) is 35.2 Å². The molecule has 0 aliphatic rings. The summed E-state index contributed by atoms with van der Waals surface area (Å²) in [4.78, 5) is 0. The van der Waals surface area contributed by atoms with Crippen LogP contribution in [0.4, 0.5) is 11.4 Å². The predicted octanol–water partition coefficient (Wildman–Crippen LogP) is 2.27. The van der Waals surface area contributed by atoms with Crippen molar-refractivity contribution in [3.05, 3.63) is 23.8 Å². The quantitative estimate of drug-likeness (QED) is 0.608. The van der Waals surface area contributed by atoms with Gasteiger partial charge < -0.3 is 16.0 Å². The van der Waals surface area contributed by atoms with Crippen LogP contribution in [-0.2, 0) is 6.42 Å². The number of benzene rings is 1. The van der Waals surface area contributed by atoms with Gasteiger partial charge in [-0.05, 0) is 44.0 Å². The van der Waals surface area contributed by atoms with Crippen LogP contribution in [0.15, 0.2) is 18.2 Å². The molecule has 1 aromatic rings. The Hall–Kier alpha value is -1.22. The van der Waals surface area contributed by atoms with Gasteiger partial charge in [0.1, 0.15) is 0 Å². The van der Waals surface area contributed by atoms with E-state index < -0.39 is 0 Å². The van der Waals surface area contributed by atoms with E-state index in [0.29, 0.717) is 6.04 Å². The summed E-state index contributed by atoms with van der Waals surface area (Å²) in [6.45, 7) is 5.68.